The van der Waals surface area contributed by atoms with Crippen molar-refractivity contribution in [3.8, 4) is 25.7 Å². The maximum Gasteiger partial charge on any atom is -0.0236 e. The van der Waals surface area contributed by atoms with Crippen molar-refractivity contribution in [1.29, 1.82) is 0 Å². The van der Waals surface area contributed by atoms with Gasteiger partial charge in [-0.25, -0.2) is 0 Å². The molecule has 2 aliphatic carbocycles. The molecule has 0 aromatic rings. The van der Waals surface area contributed by atoms with E-state index in [-0.39, 0.29) is 0 Å². The highest BCUT2D eigenvalue weighted by Crippen LogP contribution is 2.70. The first-order valence-electron chi connectivity index (χ1n) is 12.5. The summed E-state index contributed by atoms with van der Waals surface area (Å²) in [5.41, 5.74) is 1.75. The third kappa shape index (κ3) is 6.06. The molecular weight excluding hydrogens is 348 g/mol. The Morgan fingerprint density at radius 2 is 1.31 bits per heavy atom. The zero-order chi connectivity index (χ0) is 23.9. The van der Waals surface area contributed by atoms with Crippen LogP contribution in [0.4, 0.5) is 0 Å². The fourth-order valence-electron chi connectivity index (χ4n) is 6.97. The van der Waals surface area contributed by atoms with Gasteiger partial charge in [-0.15, -0.1) is 25.7 Å². The molecule has 0 saturated heterocycles. The Morgan fingerprint density at radius 1 is 0.828 bits per heavy atom. The van der Waals surface area contributed by atoms with Gasteiger partial charge in [0.2, 0.25) is 0 Å². The topological polar surface area (TPSA) is 0 Å². The molecular formula is C29H56. The van der Waals surface area contributed by atoms with E-state index in [2.05, 4.69) is 74.2 Å². The van der Waals surface area contributed by atoms with Crippen molar-refractivity contribution in [3.05, 3.63) is 0 Å². The molecule has 0 radical (unpaired) electrons. The maximum absolute atomic E-state index is 4.00. The lowest BCUT2D eigenvalue weighted by atomic mass is 9.37. The molecule has 0 aliphatic heterocycles. The molecule has 0 aromatic carbocycles. The van der Waals surface area contributed by atoms with Gasteiger partial charge in [0.1, 0.15) is 0 Å². The molecule has 2 saturated carbocycles. The van der Waals surface area contributed by atoms with Crippen molar-refractivity contribution in [1.82, 2.24) is 0 Å². The molecule has 0 heteroatoms. The van der Waals surface area contributed by atoms with Crippen molar-refractivity contribution in [2.45, 2.75) is 128 Å². The molecule has 29 heavy (non-hydrogen) atoms. The van der Waals surface area contributed by atoms with Crippen LogP contribution < -0.4 is 0 Å². The highest BCUT2D eigenvalue weighted by Gasteiger charge is 2.62. The standard InChI is InChI=1S/C21H40.2C2H6.2C2H2/c1-8-16(4)21(10-3)15-14-19(6)17(5)12-11-13-20(19,7)18(21)9-2;4*1-2/h16-18H,8-15H2,1-7H3;2*1-2H3;2*1-2H/t16-,17+,18+,19-,20+,21-;;;;/m1..../s1. The van der Waals surface area contributed by atoms with Crippen molar-refractivity contribution >= 4 is 0 Å². The van der Waals surface area contributed by atoms with E-state index in [4.69, 9.17) is 0 Å². The molecule has 0 spiro atoms. The van der Waals surface area contributed by atoms with Gasteiger partial charge >= 0.3 is 0 Å². The van der Waals surface area contributed by atoms with E-state index in [1.165, 1.54) is 51.4 Å². The molecule has 0 unspecified atom stereocenters. The van der Waals surface area contributed by atoms with Crippen LogP contribution in [0.3, 0.4) is 0 Å². The Bertz CT molecular complexity index is 424. The van der Waals surface area contributed by atoms with Crippen LogP contribution >= 0.6 is 0 Å². The van der Waals surface area contributed by atoms with Gasteiger partial charge in [-0.1, -0.05) is 102 Å². The highest BCUT2D eigenvalue weighted by molar-refractivity contribution is 5.11. The molecule has 2 aliphatic rings. The number of hydrogen-bond donors (Lipinski definition) is 0. The van der Waals surface area contributed by atoms with Crippen LogP contribution in [0.2, 0.25) is 0 Å². The Balaban J connectivity index is -0.000000754. The van der Waals surface area contributed by atoms with E-state index in [0.717, 1.165) is 17.8 Å². The van der Waals surface area contributed by atoms with E-state index >= 15 is 0 Å². The maximum atomic E-state index is 4.00. The largest absolute Gasteiger partial charge is 0.124 e. The van der Waals surface area contributed by atoms with Gasteiger partial charge in [-0.05, 0) is 59.7 Å². The van der Waals surface area contributed by atoms with Crippen LogP contribution in [0.25, 0.3) is 0 Å². The minimum absolute atomic E-state index is 0.567. The second kappa shape index (κ2) is 15.9. The van der Waals surface area contributed by atoms with Crippen LogP contribution in [0.1, 0.15) is 128 Å². The summed E-state index contributed by atoms with van der Waals surface area (Å²) in [4.78, 5) is 0. The molecule has 2 rings (SSSR count). The Hall–Kier alpha value is -0.880. The van der Waals surface area contributed by atoms with Crippen molar-refractivity contribution in [2.75, 3.05) is 0 Å². The number of terminal acetylenes is 2. The lowest BCUT2D eigenvalue weighted by molar-refractivity contribution is -0.182. The number of fused-ring (bicyclic) bond motifs is 1. The monoisotopic (exact) mass is 404 g/mol. The van der Waals surface area contributed by atoms with Gasteiger partial charge in [0.05, 0.1) is 0 Å². The predicted molar refractivity (Wildman–Crippen MR) is 137 cm³/mol. The molecule has 0 heterocycles. The fraction of sp³-hybridized carbons (Fsp3) is 0.862. The molecule has 0 nitrogen and oxygen atoms in total. The van der Waals surface area contributed by atoms with Crippen LogP contribution in [0.15, 0.2) is 0 Å². The first kappa shape index (κ1) is 32.8. The molecule has 0 amide bonds. The minimum Gasteiger partial charge on any atom is -0.124 e. The van der Waals surface area contributed by atoms with Gasteiger partial charge in [0.25, 0.3) is 0 Å². The highest BCUT2D eigenvalue weighted by atomic mass is 14.7. The number of hydrogen-bond acceptors (Lipinski definition) is 0. The third-order valence-electron chi connectivity index (χ3n) is 8.96. The molecule has 2 fully saturated rings. The van der Waals surface area contributed by atoms with Crippen LogP contribution in [0, 0.1) is 59.7 Å². The normalized spacial score (nSPS) is 35.8. The van der Waals surface area contributed by atoms with E-state index in [1.807, 2.05) is 27.7 Å². The quantitative estimate of drug-likeness (QED) is 0.409. The summed E-state index contributed by atoms with van der Waals surface area (Å²) in [6.45, 7) is 25.8. The fourth-order valence-corrected chi connectivity index (χ4v) is 6.97. The molecule has 0 N–H and O–H groups in total. The minimum atomic E-state index is 0.567. The summed E-state index contributed by atoms with van der Waals surface area (Å²) in [6.07, 6.45) is 27.5. The average molecular weight is 405 g/mol. The summed E-state index contributed by atoms with van der Waals surface area (Å²) < 4.78 is 0. The van der Waals surface area contributed by atoms with Crippen molar-refractivity contribution < 1.29 is 0 Å². The molecule has 172 valence electrons. The molecule has 0 bridgehead atoms. The Kier molecular flexibility index (Phi) is 18.0. The first-order valence-corrected chi connectivity index (χ1v) is 12.5. The second-order valence-corrected chi connectivity index (χ2v) is 8.99. The van der Waals surface area contributed by atoms with E-state index in [1.54, 1.807) is 0 Å². The SMILES string of the molecule is C#C.C#C.CC.CC.CC[C@@H](C)[C@@]1(CC)CC[C@]2(C)[C@@H](C)CCC[C@@]2(C)[C@@H]1CC. The van der Waals surface area contributed by atoms with Crippen LogP contribution in [0.5, 0.6) is 0 Å². The van der Waals surface area contributed by atoms with Gasteiger partial charge in [-0.2, -0.15) is 0 Å². The summed E-state index contributed by atoms with van der Waals surface area (Å²) in [5, 5.41) is 0. The Labute approximate surface area is 187 Å². The zero-order valence-electron chi connectivity index (χ0n) is 22.2. The van der Waals surface area contributed by atoms with Gasteiger partial charge in [0.15, 0.2) is 0 Å². The smallest absolute Gasteiger partial charge is 0.0236 e. The zero-order valence-corrected chi connectivity index (χ0v) is 22.2. The molecule has 6 atom stereocenters. The van der Waals surface area contributed by atoms with Crippen molar-refractivity contribution in [3.63, 3.8) is 0 Å². The van der Waals surface area contributed by atoms with E-state index < -0.39 is 0 Å². The number of rotatable bonds is 4. The van der Waals surface area contributed by atoms with Crippen LogP contribution in [-0.4, -0.2) is 0 Å². The lowest BCUT2D eigenvalue weighted by Crippen LogP contribution is -2.59. The van der Waals surface area contributed by atoms with E-state index in [9.17, 15) is 0 Å². The van der Waals surface area contributed by atoms with Crippen LogP contribution in [-0.2, 0) is 0 Å². The van der Waals surface area contributed by atoms with Gasteiger partial charge in [-0.3, -0.25) is 0 Å². The predicted octanol–water partition coefficient (Wildman–Crippen LogP) is 9.63. The Morgan fingerprint density at radius 3 is 1.69 bits per heavy atom. The first-order chi connectivity index (χ1) is 13.8. The summed E-state index contributed by atoms with van der Waals surface area (Å²) >= 11 is 0. The second-order valence-electron chi connectivity index (χ2n) is 8.99. The van der Waals surface area contributed by atoms with Crippen molar-refractivity contribution in [2.24, 2.45) is 34.0 Å². The lowest BCUT2D eigenvalue weighted by Gasteiger charge is -2.67. The third-order valence-corrected chi connectivity index (χ3v) is 8.96. The summed E-state index contributed by atoms with van der Waals surface area (Å²) in [6, 6.07) is 0. The summed E-state index contributed by atoms with van der Waals surface area (Å²) in [5.74, 6) is 2.72. The molecule has 0 aromatic heterocycles. The van der Waals surface area contributed by atoms with Gasteiger partial charge in [0, 0.05) is 0 Å². The summed E-state index contributed by atoms with van der Waals surface area (Å²) in [7, 11) is 0. The van der Waals surface area contributed by atoms with E-state index in [0.29, 0.717) is 16.2 Å². The average Bonchev–Trinajstić information content (AvgIpc) is 2.79. The van der Waals surface area contributed by atoms with Gasteiger partial charge < -0.3 is 0 Å².